The fraction of sp³-hybridized carbons (Fsp3) is 0.269. The monoisotopic (exact) mass is 523 g/mol. The van der Waals surface area contributed by atoms with Gasteiger partial charge in [0.15, 0.2) is 0 Å². The highest BCUT2D eigenvalue weighted by molar-refractivity contribution is 6.36. The van der Waals surface area contributed by atoms with Crippen molar-refractivity contribution in [2.75, 3.05) is 20.3 Å². The minimum Gasteiger partial charge on any atom is -0.488 e. The number of pyridine rings is 1. The summed E-state index contributed by atoms with van der Waals surface area (Å²) < 4.78 is 17.3. The number of methoxy groups -OCH3 is 1. The molecule has 184 valence electrons. The topological polar surface area (TPSA) is 91.1 Å². The maximum Gasteiger partial charge on any atom is 0.241 e. The summed E-state index contributed by atoms with van der Waals surface area (Å²) in [6.07, 6.45) is 5.01. The SMILES string of the molecule is COc1ncc(-c2cc(OC3CCOCC3)c3ncnc(C)c3c2)cc1N=Nc1ccc(Cl)cc1Cl. The first-order valence-electron chi connectivity index (χ1n) is 11.4. The van der Waals surface area contributed by atoms with Gasteiger partial charge in [0, 0.05) is 40.7 Å². The van der Waals surface area contributed by atoms with Crippen LogP contribution in [0.25, 0.3) is 22.0 Å². The summed E-state index contributed by atoms with van der Waals surface area (Å²) in [5.41, 5.74) is 4.27. The van der Waals surface area contributed by atoms with Gasteiger partial charge in [0.1, 0.15) is 35.1 Å². The van der Waals surface area contributed by atoms with Crippen molar-refractivity contribution in [3.8, 4) is 22.8 Å². The van der Waals surface area contributed by atoms with Crippen LogP contribution < -0.4 is 9.47 Å². The second-order valence-corrected chi connectivity index (χ2v) is 9.15. The van der Waals surface area contributed by atoms with Crippen molar-refractivity contribution >= 4 is 45.5 Å². The first-order chi connectivity index (χ1) is 17.5. The molecule has 0 bridgehead atoms. The van der Waals surface area contributed by atoms with Crippen LogP contribution in [0.3, 0.4) is 0 Å². The molecule has 0 aliphatic carbocycles. The van der Waals surface area contributed by atoms with Crippen molar-refractivity contribution in [1.29, 1.82) is 0 Å². The predicted octanol–water partition coefficient (Wildman–Crippen LogP) is 7.29. The number of fused-ring (bicyclic) bond motifs is 1. The van der Waals surface area contributed by atoms with Crippen molar-refractivity contribution < 1.29 is 14.2 Å². The van der Waals surface area contributed by atoms with E-state index >= 15 is 0 Å². The Hall–Kier alpha value is -3.33. The molecular formula is C26H23Cl2N5O3. The smallest absolute Gasteiger partial charge is 0.241 e. The highest BCUT2D eigenvalue weighted by atomic mass is 35.5. The van der Waals surface area contributed by atoms with Crippen LogP contribution in [0.4, 0.5) is 11.4 Å². The van der Waals surface area contributed by atoms with Crippen molar-refractivity contribution in [3.05, 3.63) is 64.7 Å². The number of hydrogen-bond acceptors (Lipinski definition) is 8. The first kappa shape index (κ1) is 24.4. The van der Waals surface area contributed by atoms with Crippen LogP contribution in [0.5, 0.6) is 11.6 Å². The third-order valence-electron chi connectivity index (χ3n) is 5.90. The summed E-state index contributed by atoms with van der Waals surface area (Å²) in [6, 6.07) is 10.9. The third kappa shape index (κ3) is 5.26. The zero-order valence-corrected chi connectivity index (χ0v) is 21.3. The van der Waals surface area contributed by atoms with Gasteiger partial charge in [-0.3, -0.25) is 0 Å². The first-order valence-corrected chi connectivity index (χ1v) is 12.2. The number of aryl methyl sites for hydroxylation is 1. The van der Waals surface area contributed by atoms with Gasteiger partial charge >= 0.3 is 0 Å². The van der Waals surface area contributed by atoms with Gasteiger partial charge in [-0.1, -0.05) is 23.2 Å². The number of nitrogens with zero attached hydrogens (tertiary/aromatic N) is 5. The summed E-state index contributed by atoms with van der Waals surface area (Å²) in [6.45, 7) is 3.32. The molecule has 1 saturated heterocycles. The fourth-order valence-corrected chi connectivity index (χ4v) is 4.43. The molecule has 0 atom stereocenters. The standard InChI is InChI=1S/C26H23Cl2N5O3/c1-15-20-9-16(11-24(25(20)31-14-30-15)36-19-5-7-35-8-6-19)17-10-23(26(34-2)29-13-17)33-32-22-4-3-18(27)12-21(22)28/h3-4,9-14,19H,5-8H2,1-2H3. The zero-order valence-electron chi connectivity index (χ0n) is 19.7. The molecule has 0 N–H and O–H groups in total. The van der Waals surface area contributed by atoms with E-state index in [4.69, 9.17) is 37.4 Å². The van der Waals surface area contributed by atoms with Gasteiger partial charge in [-0.2, -0.15) is 0 Å². The minimum atomic E-state index is 0.0648. The summed E-state index contributed by atoms with van der Waals surface area (Å²) in [5.74, 6) is 1.04. The summed E-state index contributed by atoms with van der Waals surface area (Å²) >= 11 is 12.2. The van der Waals surface area contributed by atoms with E-state index in [1.165, 1.54) is 7.11 Å². The number of ether oxygens (including phenoxy) is 3. The molecule has 0 unspecified atom stereocenters. The molecule has 1 fully saturated rings. The number of aromatic nitrogens is 3. The lowest BCUT2D eigenvalue weighted by atomic mass is 10.0. The molecule has 1 aliphatic rings. The van der Waals surface area contributed by atoms with Crippen LogP contribution in [0, 0.1) is 6.92 Å². The van der Waals surface area contributed by atoms with Crippen LogP contribution >= 0.6 is 23.2 Å². The van der Waals surface area contributed by atoms with Crippen molar-refractivity contribution in [2.45, 2.75) is 25.9 Å². The van der Waals surface area contributed by atoms with Crippen molar-refractivity contribution in [1.82, 2.24) is 15.0 Å². The van der Waals surface area contributed by atoms with Gasteiger partial charge in [0.25, 0.3) is 0 Å². The summed E-state index contributed by atoms with van der Waals surface area (Å²) in [4.78, 5) is 13.3. The van der Waals surface area contributed by atoms with E-state index in [2.05, 4.69) is 25.2 Å². The van der Waals surface area contributed by atoms with Crippen molar-refractivity contribution in [3.63, 3.8) is 0 Å². The quantitative estimate of drug-likeness (QED) is 0.246. The lowest BCUT2D eigenvalue weighted by molar-refractivity contribution is 0.0261. The largest absolute Gasteiger partial charge is 0.488 e. The fourth-order valence-electron chi connectivity index (χ4n) is 3.99. The van der Waals surface area contributed by atoms with Crippen LogP contribution in [-0.4, -0.2) is 41.4 Å². The maximum atomic E-state index is 6.41. The Morgan fingerprint density at radius 1 is 0.944 bits per heavy atom. The molecule has 2 aromatic carbocycles. The number of benzene rings is 2. The molecule has 0 spiro atoms. The molecule has 2 aromatic heterocycles. The average molecular weight is 524 g/mol. The molecule has 3 heterocycles. The second kappa shape index (κ2) is 10.7. The third-order valence-corrected chi connectivity index (χ3v) is 6.44. The molecular weight excluding hydrogens is 501 g/mol. The second-order valence-electron chi connectivity index (χ2n) is 8.31. The van der Waals surface area contributed by atoms with Gasteiger partial charge in [-0.15, -0.1) is 10.2 Å². The Morgan fingerprint density at radius 2 is 1.75 bits per heavy atom. The van der Waals surface area contributed by atoms with E-state index in [9.17, 15) is 0 Å². The van der Waals surface area contributed by atoms with Gasteiger partial charge in [-0.05, 0) is 48.9 Å². The Labute approximate surface area is 218 Å². The molecule has 0 amide bonds. The lowest BCUT2D eigenvalue weighted by Crippen LogP contribution is -2.26. The van der Waals surface area contributed by atoms with Gasteiger partial charge in [0.05, 0.1) is 25.3 Å². The molecule has 0 saturated carbocycles. The predicted molar refractivity (Wildman–Crippen MR) is 139 cm³/mol. The van der Waals surface area contributed by atoms with E-state index in [-0.39, 0.29) is 6.10 Å². The van der Waals surface area contributed by atoms with E-state index < -0.39 is 0 Å². The highest BCUT2D eigenvalue weighted by Crippen LogP contribution is 2.37. The Morgan fingerprint density at radius 3 is 2.53 bits per heavy atom. The van der Waals surface area contributed by atoms with Crippen LogP contribution in [0.2, 0.25) is 10.0 Å². The Balaban J connectivity index is 1.56. The molecule has 1 aliphatic heterocycles. The Kier molecular flexibility index (Phi) is 7.27. The van der Waals surface area contributed by atoms with E-state index in [1.54, 1.807) is 30.7 Å². The normalized spacial score (nSPS) is 14.4. The van der Waals surface area contributed by atoms with Crippen LogP contribution in [0.1, 0.15) is 18.5 Å². The van der Waals surface area contributed by atoms with E-state index in [0.29, 0.717) is 46.3 Å². The van der Waals surface area contributed by atoms with Crippen molar-refractivity contribution in [2.24, 2.45) is 10.2 Å². The zero-order chi connectivity index (χ0) is 25.1. The van der Waals surface area contributed by atoms with Gasteiger partial charge in [0.2, 0.25) is 5.88 Å². The number of rotatable bonds is 6. The van der Waals surface area contributed by atoms with Crippen LogP contribution in [-0.2, 0) is 4.74 Å². The van der Waals surface area contributed by atoms with Crippen LogP contribution in [0.15, 0.2) is 59.2 Å². The summed E-state index contributed by atoms with van der Waals surface area (Å²) in [5, 5.41) is 10.5. The number of halogens is 2. The number of azo groups is 1. The summed E-state index contributed by atoms with van der Waals surface area (Å²) in [7, 11) is 1.53. The number of hydrogen-bond donors (Lipinski definition) is 0. The van der Waals surface area contributed by atoms with Gasteiger partial charge in [-0.25, -0.2) is 15.0 Å². The highest BCUT2D eigenvalue weighted by Gasteiger charge is 2.19. The molecule has 8 nitrogen and oxygen atoms in total. The van der Waals surface area contributed by atoms with E-state index in [0.717, 1.165) is 40.6 Å². The van der Waals surface area contributed by atoms with E-state index in [1.807, 2.05) is 25.1 Å². The maximum absolute atomic E-state index is 6.41. The van der Waals surface area contributed by atoms with Gasteiger partial charge < -0.3 is 14.2 Å². The minimum absolute atomic E-state index is 0.0648. The Bertz CT molecular complexity index is 1440. The molecule has 36 heavy (non-hydrogen) atoms. The average Bonchev–Trinajstić information content (AvgIpc) is 2.89. The molecule has 10 heteroatoms. The molecule has 5 rings (SSSR count). The lowest BCUT2D eigenvalue weighted by Gasteiger charge is -2.24. The molecule has 4 aromatic rings. The molecule has 0 radical (unpaired) electrons.